The minimum absolute atomic E-state index is 0.248. The predicted octanol–water partition coefficient (Wildman–Crippen LogP) is 6.39. The molecular formula is C23H41NO. The topological polar surface area (TPSA) is 29.1 Å². The largest absolute Gasteiger partial charge is 0.353 e. The number of carbonyl (C=O) groups is 1. The van der Waals surface area contributed by atoms with Gasteiger partial charge in [0.1, 0.15) is 0 Å². The Labute approximate surface area is 156 Å². The molecule has 144 valence electrons. The SMILES string of the molecule is CC.CC.CCC(Cc1ccccc1)NC(=O)CC1CCC(C)CC1. The van der Waals surface area contributed by atoms with E-state index in [0.29, 0.717) is 5.92 Å². The van der Waals surface area contributed by atoms with Crippen LogP contribution >= 0.6 is 0 Å². The molecule has 0 aromatic heterocycles. The van der Waals surface area contributed by atoms with E-state index in [9.17, 15) is 4.79 Å². The van der Waals surface area contributed by atoms with E-state index in [0.717, 1.165) is 25.2 Å². The molecule has 2 nitrogen and oxygen atoms in total. The van der Waals surface area contributed by atoms with E-state index in [-0.39, 0.29) is 11.9 Å². The molecule has 0 saturated heterocycles. The fraction of sp³-hybridized carbons (Fsp3) is 0.696. The van der Waals surface area contributed by atoms with Gasteiger partial charge in [0.15, 0.2) is 0 Å². The van der Waals surface area contributed by atoms with Gasteiger partial charge in [0.25, 0.3) is 0 Å². The highest BCUT2D eigenvalue weighted by atomic mass is 16.1. The summed E-state index contributed by atoms with van der Waals surface area (Å²) in [7, 11) is 0. The molecule has 2 heteroatoms. The Morgan fingerprint density at radius 1 is 1.04 bits per heavy atom. The molecule has 0 bridgehead atoms. The molecule has 0 aliphatic heterocycles. The summed E-state index contributed by atoms with van der Waals surface area (Å²) in [5.41, 5.74) is 1.30. The second kappa shape index (κ2) is 15.0. The number of hydrogen-bond donors (Lipinski definition) is 1. The summed E-state index contributed by atoms with van der Waals surface area (Å²) in [4.78, 5) is 12.2. The summed E-state index contributed by atoms with van der Waals surface area (Å²) in [6, 6.07) is 10.7. The molecule has 1 aromatic rings. The van der Waals surface area contributed by atoms with Crippen LogP contribution < -0.4 is 5.32 Å². The molecule has 0 radical (unpaired) electrons. The van der Waals surface area contributed by atoms with Gasteiger partial charge < -0.3 is 5.32 Å². The van der Waals surface area contributed by atoms with E-state index in [4.69, 9.17) is 0 Å². The minimum atomic E-state index is 0.248. The van der Waals surface area contributed by atoms with Crippen LogP contribution in [0.1, 0.15) is 85.6 Å². The summed E-state index contributed by atoms with van der Waals surface area (Å²) < 4.78 is 0. The second-order valence-corrected chi connectivity index (χ2v) is 6.69. The molecule has 0 heterocycles. The van der Waals surface area contributed by atoms with E-state index < -0.39 is 0 Å². The van der Waals surface area contributed by atoms with Crippen molar-refractivity contribution >= 4 is 5.91 Å². The van der Waals surface area contributed by atoms with Crippen LogP contribution in [0.5, 0.6) is 0 Å². The first-order valence-electron chi connectivity index (χ1n) is 10.5. The smallest absolute Gasteiger partial charge is 0.220 e. The summed E-state index contributed by atoms with van der Waals surface area (Å²) in [5.74, 6) is 1.71. The van der Waals surface area contributed by atoms with Crippen LogP contribution in [-0.2, 0) is 11.2 Å². The first-order valence-corrected chi connectivity index (χ1v) is 10.5. The standard InChI is InChI=1S/C19H29NO.2C2H6/c1-3-18(13-16-7-5-4-6-8-16)20-19(21)14-17-11-9-15(2)10-12-17;2*1-2/h4-8,15,17-18H,3,9-14H2,1-2H3,(H,20,21);2*1-2H3. The molecule has 1 N–H and O–H groups in total. The average molecular weight is 348 g/mol. The van der Waals surface area contributed by atoms with Crippen LogP contribution in [0.2, 0.25) is 0 Å². The molecule has 1 atom stereocenters. The Hall–Kier alpha value is -1.31. The number of rotatable bonds is 6. The Morgan fingerprint density at radius 3 is 2.12 bits per heavy atom. The van der Waals surface area contributed by atoms with Gasteiger partial charge in [0.2, 0.25) is 5.91 Å². The minimum Gasteiger partial charge on any atom is -0.353 e. The Morgan fingerprint density at radius 2 is 1.60 bits per heavy atom. The molecule has 0 spiro atoms. The zero-order valence-corrected chi connectivity index (χ0v) is 17.5. The van der Waals surface area contributed by atoms with Crippen molar-refractivity contribution in [3.63, 3.8) is 0 Å². The highest BCUT2D eigenvalue weighted by Crippen LogP contribution is 2.30. The monoisotopic (exact) mass is 347 g/mol. The molecule has 1 aliphatic carbocycles. The van der Waals surface area contributed by atoms with Crippen molar-refractivity contribution in [3.8, 4) is 0 Å². The van der Waals surface area contributed by atoms with Crippen molar-refractivity contribution in [1.82, 2.24) is 5.32 Å². The average Bonchev–Trinajstić information content (AvgIpc) is 2.67. The third-order valence-electron chi connectivity index (χ3n) is 4.79. The van der Waals surface area contributed by atoms with Gasteiger partial charge in [-0.2, -0.15) is 0 Å². The zero-order chi connectivity index (χ0) is 19.1. The number of carbonyl (C=O) groups excluding carboxylic acids is 1. The molecule has 2 rings (SSSR count). The summed E-state index contributed by atoms with van der Waals surface area (Å²) in [6.07, 6.45) is 7.68. The molecule has 25 heavy (non-hydrogen) atoms. The zero-order valence-electron chi connectivity index (χ0n) is 17.5. The van der Waals surface area contributed by atoms with Gasteiger partial charge >= 0.3 is 0 Å². The third kappa shape index (κ3) is 10.3. The van der Waals surface area contributed by atoms with Gasteiger partial charge in [-0.1, -0.05) is 84.7 Å². The van der Waals surface area contributed by atoms with Gasteiger partial charge in [0, 0.05) is 12.5 Å². The molecule has 1 saturated carbocycles. The van der Waals surface area contributed by atoms with Crippen molar-refractivity contribution in [1.29, 1.82) is 0 Å². The lowest BCUT2D eigenvalue weighted by Gasteiger charge is -2.26. The number of hydrogen-bond acceptors (Lipinski definition) is 1. The van der Waals surface area contributed by atoms with Crippen LogP contribution in [0.15, 0.2) is 30.3 Å². The van der Waals surface area contributed by atoms with Crippen molar-refractivity contribution in [2.75, 3.05) is 0 Å². The second-order valence-electron chi connectivity index (χ2n) is 6.69. The highest BCUT2D eigenvalue weighted by Gasteiger charge is 2.21. The first kappa shape index (κ1) is 23.7. The lowest BCUT2D eigenvalue weighted by molar-refractivity contribution is -0.123. The van der Waals surface area contributed by atoms with Crippen LogP contribution in [0.25, 0.3) is 0 Å². The quantitative estimate of drug-likeness (QED) is 0.634. The Balaban J connectivity index is 0.00000134. The first-order chi connectivity index (χ1) is 12.2. The number of benzene rings is 1. The molecule has 1 aromatic carbocycles. The summed E-state index contributed by atoms with van der Waals surface area (Å²) in [5, 5.41) is 3.23. The predicted molar refractivity (Wildman–Crippen MR) is 111 cm³/mol. The molecule has 1 amide bonds. The Bertz CT molecular complexity index is 421. The highest BCUT2D eigenvalue weighted by molar-refractivity contribution is 5.76. The molecule has 1 unspecified atom stereocenters. The molecule has 1 aliphatic rings. The van der Waals surface area contributed by atoms with Gasteiger partial charge in [-0.25, -0.2) is 0 Å². The van der Waals surface area contributed by atoms with E-state index >= 15 is 0 Å². The van der Waals surface area contributed by atoms with Crippen molar-refractivity contribution in [3.05, 3.63) is 35.9 Å². The summed E-state index contributed by atoms with van der Waals surface area (Å²) >= 11 is 0. The van der Waals surface area contributed by atoms with Gasteiger partial charge in [-0.05, 0) is 43.1 Å². The normalized spacial score (nSPS) is 20.2. The van der Waals surface area contributed by atoms with Crippen molar-refractivity contribution in [2.45, 2.75) is 92.5 Å². The van der Waals surface area contributed by atoms with Gasteiger partial charge in [-0.15, -0.1) is 0 Å². The van der Waals surface area contributed by atoms with Crippen LogP contribution in [0, 0.1) is 11.8 Å². The maximum atomic E-state index is 12.2. The molecule has 1 fully saturated rings. The fourth-order valence-electron chi connectivity index (χ4n) is 3.28. The van der Waals surface area contributed by atoms with E-state index in [1.165, 1.54) is 31.2 Å². The van der Waals surface area contributed by atoms with Gasteiger partial charge in [0.05, 0.1) is 0 Å². The summed E-state index contributed by atoms with van der Waals surface area (Å²) in [6.45, 7) is 12.5. The van der Waals surface area contributed by atoms with Crippen molar-refractivity contribution in [2.24, 2.45) is 11.8 Å². The van der Waals surface area contributed by atoms with E-state index in [1.54, 1.807) is 0 Å². The molecular weight excluding hydrogens is 306 g/mol. The number of nitrogens with one attached hydrogen (secondary N) is 1. The van der Waals surface area contributed by atoms with E-state index in [1.807, 2.05) is 33.8 Å². The van der Waals surface area contributed by atoms with Gasteiger partial charge in [-0.3, -0.25) is 4.79 Å². The maximum absolute atomic E-state index is 12.2. The number of amides is 1. The van der Waals surface area contributed by atoms with E-state index in [2.05, 4.69) is 43.4 Å². The van der Waals surface area contributed by atoms with Crippen molar-refractivity contribution < 1.29 is 4.79 Å². The Kier molecular flexibility index (Phi) is 14.2. The van der Waals surface area contributed by atoms with Crippen LogP contribution in [0.4, 0.5) is 0 Å². The lowest BCUT2D eigenvalue weighted by atomic mass is 9.81. The maximum Gasteiger partial charge on any atom is 0.220 e. The lowest BCUT2D eigenvalue weighted by Crippen LogP contribution is -2.37. The van der Waals surface area contributed by atoms with Crippen LogP contribution in [0.3, 0.4) is 0 Å². The third-order valence-corrected chi connectivity index (χ3v) is 4.79. The fourth-order valence-corrected chi connectivity index (χ4v) is 3.28. The van der Waals surface area contributed by atoms with Crippen LogP contribution in [-0.4, -0.2) is 11.9 Å².